The molecule has 0 unspecified atom stereocenters. The van der Waals surface area contributed by atoms with E-state index in [1.165, 1.54) is 25.1 Å². The van der Waals surface area contributed by atoms with Crippen LogP contribution in [0.15, 0.2) is 18.2 Å². The largest absolute Gasteiger partial charge is 0.326 e. The lowest BCUT2D eigenvalue weighted by Crippen LogP contribution is -2.19. The van der Waals surface area contributed by atoms with Crippen molar-refractivity contribution in [2.24, 2.45) is 0 Å². The van der Waals surface area contributed by atoms with E-state index >= 15 is 0 Å². The lowest BCUT2D eigenvalue weighted by molar-refractivity contribution is -0.124. The normalized spacial score (nSPS) is 12.9. The maximum Gasteiger partial charge on any atom is 0.259 e. The Morgan fingerprint density at radius 1 is 1.17 bits per heavy atom. The standard InChI is InChI=1S/C12H10N2O4/c1-6(15)4-10(16)13-7-2-3-8-9(5-7)12(18)14-11(8)17/h2-3,5H,4H2,1H3,(H,13,16)(H,14,17,18). The molecule has 2 N–H and O–H groups in total. The Labute approximate surface area is 102 Å². The third-order valence-electron chi connectivity index (χ3n) is 2.43. The van der Waals surface area contributed by atoms with Crippen molar-refractivity contribution in [3.8, 4) is 0 Å². The molecule has 0 fully saturated rings. The van der Waals surface area contributed by atoms with Crippen molar-refractivity contribution in [1.82, 2.24) is 5.32 Å². The highest BCUT2D eigenvalue weighted by Crippen LogP contribution is 2.20. The average Bonchev–Trinajstić information content (AvgIpc) is 2.53. The molecule has 0 bridgehead atoms. The number of carbonyl (C=O) groups excluding carboxylic acids is 4. The molecule has 2 rings (SSSR count). The van der Waals surface area contributed by atoms with Gasteiger partial charge in [-0.05, 0) is 25.1 Å². The number of benzene rings is 1. The van der Waals surface area contributed by atoms with Gasteiger partial charge in [-0.15, -0.1) is 0 Å². The predicted octanol–water partition coefficient (Wildman–Crippen LogP) is 0.488. The van der Waals surface area contributed by atoms with E-state index in [4.69, 9.17) is 0 Å². The van der Waals surface area contributed by atoms with E-state index in [1.54, 1.807) is 0 Å². The highest BCUT2D eigenvalue weighted by molar-refractivity contribution is 6.22. The van der Waals surface area contributed by atoms with E-state index in [9.17, 15) is 19.2 Å². The lowest BCUT2D eigenvalue weighted by Gasteiger charge is -2.04. The van der Waals surface area contributed by atoms with Crippen LogP contribution in [0.3, 0.4) is 0 Å². The summed E-state index contributed by atoms with van der Waals surface area (Å²) in [6.45, 7) is 1.31. The Kier molecular flexibility index (Phi) is 2.93. The first-order valence-corrected chi connectivity index (χ1v) is 5.26. The number of imide groups is 1. The fourth-order valence-corrected chi connectivity index (χ4v) is 1.68. The number of nitrogens with one attached hydrogen (secondary N) is 2. The molecular weight excluding hydrogens is 236 g/mol. The molecule has 18 heavy (non-hydrogen) atoms. The molecule has 3 amide bonds. The Bertz CT molecular complexity index is 577. The molecule has 1 aliphatic heterocycles. The van der Waals surface area contributed by atoms with E-state index in [0.29, 0.717) is 5.69 Å². The number of hydrogen-bond donors (Lipinski definition) is 2. The van der Waals surface area contributed by atoms with Gasteiger partial charge in [0.05, 0.1) is 17.5 Å². The van der Waals surface area contributed by atoms with Crippen LogP contribution in [0.1, 0.15) is 34.1 Å². The number of fused-ring (bicyclic) bond motifs is 1. The number of hydrogen-bond acceptors (Lipinski definition) is 4. The predicted molar refractivity (Wildman–Crippen MR) is 62.2 cm³/mol. The van der Waals surface area contributed by atoms with Crippen LogP contribution in [0.2, 0.25) is 0 Å². The van der Waals surface area contributed by atoms with E-state index in [0.717, 1.165) is 0 Å². The van der Waals surface area contributed by atoms with Crippen LogP contribution < -0.4 is 10.6 Å². The number of carbonyl (C=O) groups is 4. The van der Waals surface area contributed by atoms with Crippen molar-refractivity contribution in [2.75, 3.05) is 5.32 Å². The number of ketones is 1. The molecule has 0 saturated carbocycles. The monoisotopic (exact) mass is 246 g/mol. The Hall–Kier alpha value is -2.50. The highest BCUT2D eigenvalue weighted by Gasteiger charge is 2.26. The molecule has 92 valence electrons. The van der Waals surface area contributed by atoms with Crippen LogP contribution in [0.5, 0.6) is 0 Å². The molecule has 0 aromatic heterocycles. The van der Waals surface area contributed by atoms with Crippen LogP contribution in [-0.2, 0) is 9.59 Å². The Morgan fingerprint density at radius 2 is 1.83 bits per heavy atom. The molecule has 1 aromatic rings. The summed E-state index contributed by atoms with van der Waals surface area (Å²) in [4.78, 5) is 44.8. The van der Waals surface area contributed by atoms with Gasteiger partial charge in [-0.1, -0.05) is 0 Å². The van der Waals surface area contributed by atoms with Gasteiger partial charge in [0.1, 0.15) is 5.78 Å². The first-order valence-electron chi connectivity index (χ1n) is 5.26. The molecule has 0 radical (unpaired) electrons. The molecule has 6 heteroatoms. The summed E-state index contributed by atoms with van der Waals surface area (Å²) in [5.74, 6) is -1.64. The summed E-state index contributed by atoms with van der Waals surface area (Å²) in [5.41, 5.74) is 0.884. The zero-order valence-electron chi connectivity index (χ0n) is 9.57. The van der Waals surface area contributed by atoms with Gasteiger partial charge in [-0.2, -0.15) is 0 Å². The molecule has 1 aliphatic rings. The smallest absolute Gasteiger partial charge is 0.259 e. The van der Waals surface area contributed by atoms with E-state index in [1.807, 2.05) is 0 Å². The van der Waals surface area contributed by atoms with Gasteiger partial charge < -0.3 is 5.32 Å². The molecule has 0 spiro atoms. The Morgan fingerprint density at radius 3 is 2.50 bits per heavy atom. The molecule has 1 heterocycles. The van der Waals surface area contributed by atoms with Gasteiger partial charge in [-0.25, -0.2) is 0 Å². The van der Waals surface area contributed by atoms with Crippen molar-refractivity contribution in [1.29, 1.82) is 0 Å². The van der Waals surface area contributed by atoms with Crippen molar-refractivity contribution >= 4 is 29.2 Å². The fourth-order valence-electron chi connectivity index (χ4n) is 1.68. The summed E-state index contributed by atoms with van der Waals surface area (Å²) in [7, 11) is 0. The topological polar surface area (TPSA) is 92.3 Å². The summed E-state index contributed by atoms with van der Waals surface area (Å²) >= 11 is 0. The third kappa shape index (κ3) is 2.27. The summed E-state index contributed by atoms with van der Waals surface area (Å²) in [5, 5.41) is 4.64. The van der Waals surface area contributed by atoms with Crippen molar-refractivity contribution in [3.63, 3.8) is 0 Å². The molecule has 0 atom stereocenters. The SMILES string of the molecule is CC(=O)CC(=O)Nc1ccc2c(c1)C(=O)NC2=O. The molecule has 6 nitrogen and oxygen atoms in total. The van der Waals surface area contributed by atoms with Gasteiger partial charge in [0, 0.05) is 5.69 Å². The Balaban J connectivity index is 2.20. The summed E-state index contributed by atoms with van der Waals surface area (Å²) in [6, 6.07) is 4.38. The lowest BCUT2D eigenvalue weighted by atomic mass is 10.1. The second-order valence-electron chi connectivity index (χ2n) is 3.97. The van der Waals surface area contributed by atoms with Crippen LogP contribution in [0, 0.1) is 0 Å². The minimum absolute atomic E-state index is 0.220. The van der Waals surface area contributed by atoms with Crippen molar-refractivity contribution < 1.29 is 19.2 Å². The highest BCUT2D eigenvalue weighted by atomic mass is 16.2. The quantitative estimate of drug-likeness (QED) is 0.599. The minimum Gasteiger partial charge on any atom is -0.326 e. The molecule has 0 aliphatic carbocycles. The van der Waals surface area contributed by atoms with Crippen molar-refractivity contribution in [3.05, 3.63) is 29.3 Å². The van der Waals surface area contributed by atoms with Crippen LogP contribution in [0.4, 0.5) is 5.69 Å². The second-order valence-corrected chi connectivity index (χ2v) is 3.97. The van der Waals surface area contributed by atoms with Gasteiger partial charge in [0.15, 0.2) is 0 Å². The molecule has 1 aromatic carbocycles. The van der Waals surface area contributed by atoms with E-state index in [2.05, 4.69) is 10.6 Å². The van der Waals surface area contributed by atoms with Gasteiger partial charge in [0.2, 0.25) is 5.91 Å². The maximum atomic E-state index is 11.4. The molecule has 0 saturated heterocycles. The number of Topliss-reactive ketones (excluding diaryl/α,β-unsaturated/α-hetero) is 1. The minimum atomic E-state index is -0.488. The molecular formula is C12H10N2O4. The van der Waals surface area contributed by atoms with Crippen LogP contribution in [0.25, 0.3) is 0 Å². The zero-order chi connectivity index (χ0) is 13.3. The fraction of sp³-hybridized carbons (Fsp3) is 0.167. The first-order chi connectivity index (χ1) is 8.47. The second kappa shape index (κ2) is 4.40. The van der Waals surface area contributed by atoms with Gasteiger partial charge in [0.25, 0.3) is 11.8 Å². The first kappa shape index (κ1) is 12.0. The number of amides is 3. The summed E-state index contributed by atoms with van der Waals surface area (Å²) in [6.07, 6.45) is -0.220. The van der Waals surface area contributed by atoms with Gasteiger partial charge >= 0.3 is 0 Å². The number of rotatable bonds is 3. The number of anilines is 1. The van der Waals surface area contributed by atoms with E-state index in [-0.39, 0.29) is 23.3 Å². The average molecular weight is 246 g/mol. The maximum absolute atomic E-state index is 11.4. The van der Waals surface area contributed by atoms with Crippen LogP contribution >= 0.6 is 0 Å². The van der Waals surface area contributed by atoms with E-state index < -0.39 is 17.7 Å². The summed E-state index contributed by atoms with van der Waals surface area (Å²) < 4.78 is 0. The third-order valence-corrected chi connectivity index (χ3v) is 2.43. The van der Waals surface area contributed by atoms with Gasteiger partial charge in [-0.3, -0.25) is 24.5 Å². The van der Waals surface area contributed by atoms with Crippen LogP contribution in [-0.4, -0.2) is 23.5 Å². The zero-order valence-corrected chi connectivity index (χ0v) is 9.57. The van der Waals surface area contributed by atoms with Crippen molar-refractivity contribution in [2.45, 2.75) is 13.3 Å².